The molecule has 5 nitrogen and oxygen atoms in total. The van der Waals surface area contributed by atoms with Crippen molar-refractivity contribution in [1.29, 1.82) is 0 Å². The zero-order valence-corrected chi connectivity index (χ0v) is 12.4. The maximum absolute atomic E-state index is 11.0. The number of para-hydroxylation sites is 1. The Morgan fingerprint density at radius 1 is 1.29 bits per heavy atom. The Balaban J connectivity index is 2.06. The van der Waals surface area contributed by atoms with Gasteiger partial charge in [-0.3, -0.25) is 10.1 Å². The first kappa shape index (κ1) is 15.3. The number of nitrogens with zero attached hydrogens (tertiary/aromatic N) is 2. The van der Waals surface area contributed by atoms with Gasteiger partial charge in [0.2, 0.25) is 0 Å². The molecular weight excluding hydrogens is 266 g/mol. The van der Waals surface area contributed by atoms with E-state index in [1.165, 1.54) is 0 Å². The Morgan fingerprint density at radius 2 is 2.00 bits per heavy atom. The predicted molar refractivity (Wildman–Crippen MR) is 83.0 cm³/mol. The molecule has 1 aromatic carbocycles. The molecule has 0 bridgehead atoms. The number of rotatable bonds is 6. The van der Waals surface area contributed by atoms with Crippen molar-refractivity contribution in [3.63, 3.8) is 0 Å². The average Bonchev–Trinajstić information content (AvgIpc) is 2.93. The molecule has 112 valence electrons. The summed E-state index contributed by atoms with van der Waals surface area (Å²) in [6.07, 6.45) is 4.63. The number of benzene rings is 1. The minimum absolute atomic E-state index is 0.0253. The lowest BCUT2D eigenvalue weighted by Crippen LogP contribution is -2.16. The molecule has 2 rings (SSSR count). The van der Waals surface area contributed by atoms with Crippen LogP contribution in [0.2, 0.25) is 0 Å². The second-order valence-electron chi connectivity index (χ2n) is 5.59. The van der Waals surface area contributed by atoms with Crippen LogP contribution in [0.25, 0.3) is 0 Å². The fourth-order valence-electron chi connectivity index (χ4n) is 2.33. The van der Waals surface area contributed by atoms with E-state index in [1.54, 1.807) is 12.1 Å². The molecule has 0 aliphatic rings. The summed E-state index contributed by atoms with van der Waals surface area (Å²) in [6.45, 7) is 4.89. The van der Waals surface area contributed by atoms with Crippen LogP contribution >= 0.6 is 0 Å². The highest BCUT2D eigenvalue weighted by atomic mass is 16.6. The fourth-order valence-corrected chi connectivity index (χ4v) is 2.33. The Kier molecular flexibility index (Phi) is 4.75. The highest BCUT2D eigenvalue weighted by Crippen LogP contribution is 2.21. The van der Waals surface area contributed by atoms with Crippen molar-refractivity contribution in [3.8, 4) is 0 Å². The molecule has 2 N–H and O–H groups in total. The third-order valence-corrected chi connectivity index (χ3v) is 3.70. The highest BCUT2D eigenvalue weighted by Gasteiger charge is 2.13. The van der Waals surface area contributed by atoms with E-state index >= 15 is 0 Å². The molecule has 0 aliphatic heterocycles. The van der Waals surface area contributed by atoms with Crippen LogP contribution in [0.3, 0.4) is 0 Å². The molecule has 1 heterocycles. The van der Waals surface area contributed by atoms with Crippen molar-refractivity contribution in [3.05, 3.63) is 64.0 Å². The minimum atomic E-state index is -0.328. The summed E-state index contributed by atoms with van der Waals surface area (Å²) >= 11 is 0. The van der Waals surface area contributed by atoms with Gasteiger partial charge in [-0.15, -0.1) is 0 Å². The van der Waals surface area contributed by atoms with E-state index in [0.29, 0.717) is 18.9 Å². The van der Waals surface area contributed by atoms with Crippen LogP contribution in [0, 0.1) is 16.0 Å². The third-order valence-electron chi connectivity index (χ3n) is 3.70. The Bertz CT molecular complexity index is 619. The van der Waals surface area contributed by atoms with Gasteiger partial charge >= 0.3 is 0 Å². The van der Waals surface area contributed by atoms with Gasteiger partial charge in [-0.2, -0.15) is 0 Å². The van der Waals surface area contributed by atoms with Gasteiger partial charge in [-0.25, -0.2) is 0 Å². The molecule has 1 atom stereocenters. The van der Waals surface area contributed by atoms with E-state index in [-0.39, 0.29) is 16.7 Å². The first-order chi connectivity index (χ1) is 9.99. The zero-order chi connectivity index (χ0) is 15.4. The van der Waals surface area contributed by atoms with Crippen LogP contribution in [-0.2, 0) is 13.0 Å². The van der Waals surface area contributed by atoms with Gasteiger partial charge in [0.05, 0.1) is 4.92 Å². The van der Waals surface area contributed by atoms with Gasteiger partial charge < -0.3 is 10.3 Å². The molecular formula is C16H21N3O2. The molecule has 5 heteroatoms. The Morgan fingerprint density at radius 3 is 2.67 bits per heavy atom. The summed E-state index contributed by atoms with van der Waals surface area (Å²) < 4.78 is 2.04. The van der Waals surface area contributed by atoms with Gasteiger partial charge in [0.1, 0.15) is 0 Å². The second kappa shape index (κ2) is 6.54. The zero-order valence-electron chi connectivity index (χ0n) is 12.4. The Labute approximate surface area is 124 Å². The first-order valence-electron chi connectivity index (χ1n) is 7.12. The van der Waals surface area contributed by atoms with Crippen LogP contribution in [0.5, 0.6) is 0 Å². The maximum Gasteiger partial charge on any atom is 0.272 e. The molecule has 2 aromatic rings. The van der Waals surface area contributed by atoms with Crippen LogP contribution in [0.1, 0.15) is 31.0 Å². The number of nitro benzene ring substituents is 1. The van der Waals surface area contributed by atoms with Gasteiger partial charge in [0.25, 0.3) is 5.69 Å². The van der Waals surface area contributed by atoms with Crippen molar-refractivity contribution in [2.75, 3.05) is 0 Å². The van der Waals surface area contributed by atoms with E-state index in [9.17, 15) is 10.1 Å². The van der Waals surface area contributed by atoms with Gasteiger partial charge in [0, 0.05) is 36.6 Å². The Hall–Kier alpha value is -2.14. The summed E-state index contributed by atoms with van der Waals surface area (Å²) in [6, 6.07) is 8.92. The summed E-state index contributed by atoms with van der Waals surface area (Å²) in [7, 11) is 0. The molecule has 0 saturated heterocycles. The predicted octanol–water partition coefficient (Wildman–Crippen LogP) is 3.29. The van der Waals surface area contributed by atoms with Crippen molar-refractivity contribution in [1.82, 2.24) is 4.57 Å². The van der Waals surface area contributed by atoms with E-state index in [1.807, 2.05) is 35.2 Å². The summed E-state index contributed by atoms with van der Waals surface area (Å²) in [5, 5.41) is 11.0. The smallest absolute Gasteiger partial charge is 0.272 e. The van der Waals surface area contributed by atoms with E-state index < -0.39 is 0 Å². The molecule has 1 unspecified atom stereocenters. The van der Waals surface area contributed by atoms with Crippen molar-refractivity contribution in [2.24, 2.45) is 11.7 Å². The van der Waals surface area contributed by atoms with E-state index in [4.69, 9.17) is 5.73 Å². The number of hydrogen-bond donors (Lipinski definition) is 1. The average molecular weight is 287 g/mol. The SMILES string of the molecule is CC(C)C(N)c1ccn(CCc2ccccc2[N+](=O)[O-])c1. The molecule has 21 heavy (non-hydrogen) atoms. The van der Waals surface area contributed by atoms with E-state index in [2.05, 4.69) is 13.8 Å². The minimum Gasteiger partial charge on any atom is -0.354 e. The number of hydrogen-bond acceptors (Lipinski definition) is 3. The topological polar surface area (TPSA) is 74.1 Å². The maximum atomic E-state index is 11.0. The number of aromatic nitrogens is 1. The summed E-state index contributed by atoms with van der Waals surface area (Å²) in [5.74, 6) is 0.385. The fraction of sp³-hybridized carbons (Fsp3) is 0.375. The van der Waals surface area contributed by atoms with Crippen LogP contribution in [0.4, 0.5) is 5.69 Å². The highest BCUT2D eigenvalue weighted by molar-refractivity contribution is 5.39. The molecule has 1 aromatic heterocycles. The standard InChI is InChI=1S/C16H21N3O2/c1-12(2)16(17)14-8-10-18(11-14)9-7-13-5-3-4-6-15(13)19(20)21/h3-6,8,10-12,16H,7,9,17H2,1-2H3. The van der Waals surface area contributed by atoms with Crippen LogP contribution < -0.4 is 5.73 Å². The van der Waals surface area contributed by atoms with Gasteiger partial charge in [-0.1, -0.05) is 32.0 Å². The van der Waals surface area contributed by atoms with Crippen LogP contribution in [0.15, 0.2) is 42.7 Å². The number of nitro groups is 1. The summed E-state index contributed by atoms with van der Waals surface area (Å²) in [4.78, 5) is 10.7. The molecule has 0 spiro atoms. The lowest BCUT2D eigenvalue weighted by Gasteiger charge is -2.13. The van der Waals surface area contributed by atoms with Crippen molar-refractivity contribution >= 4 is 5.69 Å². The van der Waals surface area contributed by atoms with Crippen molar-refractivity contribution < 1.29 is 4.92 Å². The lowest BCUT2D eigenvalue weighted by atomic mass is 10.00. The van der Waals surface area contributed by atoms with Crippen molar-refractivity contribution in [2.45, 2.75) is 32.9 Å². The molecule has 0 aliphatic carbocycles. The monoisotopic (exact) mass is 287 g/mol. The summed E-state index contributed by atoms with van der Waals surface area (Å²) in [5.41, 5.74) is 8.16. The number of aryl methyl sites for hydroxylation is 2. The van der Waals surface area contributed by atoms with Crippen LogP contribution in [-0.4, -0.2) is 9.49 Å². The van der Waals surface area contributed by atoms with E-state index in [0.717, 1.165) is 11.1 Å². The largest absolute Gasteiger partial charge is 0.354 e. The first-order valence-corrected chi connectivity index (χ1v) is 7.12. The second-order valence-corrected chi connectivity index (χ2v) is 5.59. The lowest BCUT2D eigenvalue weighted by molar-refractivity contribution is -0.385. The molecule has 0 radical (unpaired) electrons. The molecule has 0 saturated carbocycles. The van der Waals surface area contributed by atoms with Gasteiger partial charge in [-0.05, 0) is 24.0 Å². The third kappa shape index (κ3) is 3.70. The normalized spacial score (nSPS) is 12.6. The van der Waals surface area contributed by atoms with Gasteiger partial charge in [0.15, 0.2) is 0 Å². The molecule has 0 amide bonds. The molecule has 0 fully saturated rings. The quantitative estimate of drug-likeness (QED) is 0.654. The number of nitrogens with two attached hydrogens (primary N) is 1.